The van der Waals surface area contributed by atoms with Crippen LogP contribution in [0.3, 0.4) is 0 Å². The number of nitrogens with one attached hydrogen (secondary N) is 2. The molecule has 10 heteroatoms. The van der Waals surface area contributed by atoms with Gasteiger partial charge in [0, 0.05) is 0 Å². The topological polar surface area (TPSA) is 95.6 Å². The highest BCUT2D eigenvalue weighted by atomic mass is 19.2. The second kappa shape index (κ2) is 9.21. The van der Waals surface area contributed by atoms with Gasteiger partial charge in [-0.25, -0.2) is 13.2 Å². The van der Waals surface area contributed by atoms with Crippen molar-refractivity contribution < 1.29 is 32.3 Å². The van der Waals surface area contributed by atoms with Gasteiger partial charge in [0.15, 0.2) is 17.5 Å². The molecule has 0 fully saturated rings. The number of nitrogens with zero attached hydrogens (tertiary/aromatic N) is 1. The number of benzene rings is 2. The summed E-state index contributed by atoms with van der Waals surface area (Å²) in [6.07, 6.45) is 0.150. The Balaban J connectivity index is 1.71. The van der Waals surface area contributed by atoms with Gasteiger partial charge in [-0.1, -0.05) is 26.0 Å². The van der Waals surface area contributed by atoms with Crippen LogP contribution in [0.1, 0.15) is 41.0 Å². The Morgan fingerprint density at radius 3 is 2.09 bits per heavy atom. The number of carbonyl (C=O) groups excluding carboxylic acids is 4. The summed E-state index contributed by atoms with van der Waals surface area (Å²) in [6.45, 7) is 2.96. The van der Waals surface area contributed by atoms with Crippen molar-refractivity contribution in [3.63, 3.8) is 0 Å². The second-order valence-electron chi connectivity index (χ2n) is 7.66. The molecule has 0 aromatic heterocycles. The SMILES string of the molecule is CC(C)C[C@H](C(=O)NCC(=O)Nc1ccc(F)c(F)c1F)N1C(=O)c2ccccc2C1=O. The Bertz CT molecular complexity index is 1070. The molecule has 4 amide bonds. The quantitative estimate of drug-likeness (QED) is 0.504. The van der Waals surface area contributed by atoms with Gasteiger partial charge in [0.2, 0.25) is 11.8 Å². The van der Waals surface area contributed by atoms with Crippen LogP contribution in [0.2, 0.25) is 0 Å². The van der Waals surface area contributed by atoms with Crippen LogP contribution in [-0.2, 0) is 9.59 Å². The molecule has 0 radical (unpaired) electrons. The second-order valence-corrected chi connectivity index (χ2v) is 7.66. The summed E-state index contributed by atoms with van der Waals surface area (Å²) in [5, 5.41) is 4.34. The first-order chi connectivity index (χ1) is 15.1. The van der Waals surface area contributed by atoms with E-state index in [0.717, 1.165) is 11.0 Å². The van der Waals surface area contributed by atoms with E-state index in [-0.39, 0.29) is 23.5 Å². The molecule has 168 valence electrons. The zero-order chi connectivity index (χ0) is 23.6. The molecule has 0 bridgehead atoms. The third-order valence-electron chi connectivity index (χ3n) is 4.87. The van der Waals surface area contributed by atoms with Crippen molar-refractivity contribution in [3.05, 3.63) is 65.0 Å². The van der Waals surface area contributed by atoms with Crippen LogP contribution in [0.5, 0.6) is 0 Å². The lowest BCUT2D eigenvalue weighted by atomic mass is 10.0. The Hall–Kier alpha value is -3.69. The number of rotatable bonds is 7. The Morgan fingerprint density at radius 1 is 0.938 bits per heavy atom. The Labute approximate surface area is 181 Å². The number of hydrogen-bond donors (Lipinski definition) is 2. The molecular formula is C22H20F3N3O4. The zero-order valence-electron chi connectivity index (χ0n) is 17.2. The molecule has 2 N–H and O–H groups in total. The van der Waals surface area contributed by atoms with Crippen molar-refractivity contribution in [1.82, 2.24) is 10.2 Å². The van der Waals surface area contributed by atoms with Gasteiger partial charge in [-0.2, -0.15) is 0 Å². The van der Waals surface area contributed by atoms with Crippen molar-refractivity contribution in [2.24, 2.45) is 5.92 Å². The van der Waals surface area contributed by atoms with E-state index in [9.17, 15) is 32.3 Å². The third kappa shape index (κ3) is 4.48. The molecule has 0 spiro atoms. The maximum absolute atomic E-state index is 13.7. The standard InChI is InChI=1S/C22H20F3N3O4/c1-11(2)9-16(28-21(31)12-5-3-4-6-13(12)22(28)32)20(30)26-10-17(29)27-15-8-7-14(23)18(24)19(15)25/h3-8,11,16H,9-10H2,1-2H3,(H,26,30)(H,27,29)/t16-/m1/s1. The molecule has 32 heavy (non-hydrogen) atoms. The van der Waals surface area contributed by atoms with Gasteiger partial charge in [0.25, 0.3) is 11.8 Å². The maximum Gasteiger partial charge on any atom is 0.262 e. The van der Waals surface area contributed by atoms with Crippen molar-refractivity contribution >= 4 is 29.3 Å². The fraction of sp³-hybridized carbons (Fsp3) is 0.273. The van der Waals surface area contributed by atoms with Gasteiger partial charge in [-0.05, 0) is 36.6 Å². The summed E-state index contributed by atoms with van der Waals surface area (Å²) in [7, 11) is 0. The highest BCUT2D eigenvalue weighted by Crippen LogP contribution is 2.27. The number of fused-ring (bicyclic) bond motifs is 1. The number of imide groups is 1. The molecule has 7 nitrogen and oxygen atoms in total. The van der Waals surface area contributed by atoms with Crippen LogP contribution in [0.4, 0.5) is 18.9 Å². The van der Waals surface area contributed by atoms with Gasteiger partial charge >= 0.3 is 0 Å². The molecule has 1 aliphatic rings. The van der Waals surface area contributed by atoms with Crippen LogP contribution in [0.15, 0.2) is 36.4 Å². The van der Waals surface area contributed by atoms with Gasteiger partial charge in [-0.15, -0.1) is 0 Å². The van der Waals surface area contributed by atoms with Crippen LogP contribution < -0.4 is 10.6 Å². The maximum atomic E-state index is 13.7. The molecule has 3 rings (SSSR count). The summed E-state index contributed by atoms with van der Waals surface area (Å²) in [6, 6.07) is 6.50. The highest BCUT2D eigenvalue weighted by molar-refractivity contribution is 6.22. The summed E-state index contributed by atoms with van der Waals surface area (Å²) in [5.41, 5.74) is -0.224. The van der Waals surface area contributed by atoms with Crippen molar-refractivity contribution in [2.75, 3.05) is 11.9 Å². The highest BCUT2D eigenvalue weighted by Gasteiger charge is 2.42. The lowest BCUT2D eigenvalue weighted by molar-refractivity contribution is -0.127. The summed E-state index contributed by atoms with van der Waals surface area (Å²) < 4.78 is 40.0. The monoisotopic (exact) mass is 447 g/mol. The van der Waals surface area contributed by atoms with Gasteiger partial charge in [0.1, 0.15) is 6.04 Å². The average Bonchev–Trinajstić information content (AvgIpc) is 3.01. The molecule has 1 aliphatic heterocycles. The zero-order valence-corrected chi connectivity index (χ0v) is 17.2. The number of halogens is 3. The number of anilines is 1. The van der Waals surface area contributed by atoms with Crippen LogP contribution in [0, 0.1) is 23.4 Å². The Morgan fingerprint density at radius 2 is 1.53 bits per heavy atom. The fourth-order valence-corrected chi connectivity index (χ4v) is 3.37. The molecule has 1 atom stereocenters. The predicted molar refractivity (Wildman–Crippen MR) is 108 cm³/mol. The van der Waals surface area contributed by atoms with Gasteiger partial charge in [0.05, 0.1) is 23.4 Å². The molecule has 2 aromatic rings. The van der Waals surface area contributed by atoms with E-state index in [0.29, 0.717) is 6.07 Å². The first-order valence-electron chi connectivity index (χ1n) is 9.79. The van der Waals surface area contributed by atoms with E-state index in [1.807, 2.05) is 5.32 Å². The smallest absolute Gasteiger partial charge is 0.262 e. The van der Waals surface area contributed by atoms with Crippen molar-refractivity contribution in [3.8, 4) is 0 Å². The largest absolute Gasteiger partial charge is 0.345 e. The lowest BCUT2D eigenvalue weighted by Gasteiger charge is -2.26. The van der Waals surface area contributed by atoms with E-state index in [2.05, 4.69) is 5.32 Å². The molecule has 0 saturated heterocycles. The van der Waals surface area contributed by atoms with Crippen LogP contribution in [0.25, 0.3) is 0 Å². The minimum atomic E-state index is -1.74. The van der Waals surface area contributed by atoms with Crippen LogP contribution in [-0.4, -0.2) is 41.1 Å². The molecular weight excluding hydrogens is 427 g/mol. The summed E-state index contributed by atoms with van der Waals surface area (Å²) in [4.78, 5) is 51.3. The number of hydrogen-bond acceptors (Lipinski definition) is 4. The molecule has 0 aliphatic carbocycles. The van der Waals surface area contributed by atoms with E-state index in [1.165, 1.54) is 12.1 Å². The molecule has 0 saturated carbocycles. The van der Waals surface area contributed by atoms with E-state index >= 15 is 0 Å². The van der Waals surface area contributed by atoms with Crippen LogP contribution >= 0.6 is 0 Å². The fourth-order valence-electron chi connectivity index (χ4n) is 3.37. The van der Waals surface area contributed by atoms with E-state index < -0.39 is 59.4 Å². The average molecular weight is 447 g/mol. The number of carbonyl (C=O) groups is 4. The normalized spacial score (nSPS) is 13.9. The number of amides is 4. The van der Waals surface area contributed by atoms with Gasteiger partial charge in [-0.3, -0.25) is 24.1 Å². The molecule has 0 unspecified atom stereocenters. The Kier molecular flexibility index (Phi) is 6.61. The lowest BCUT2D eigenvalue weighted by Crippen LogP contribution is -2.51. The summed E-state index contributed by atoms with van der Waals surface area (Å²) >= 11 is 0. The molecule has 2 aromatic carbocycles. The minimum absolute atomic E-state index is 0.0693. The summed E-state index contributed by atoms with van der Waals surface area (Å²) in [5.74, 6) is -7.68. The minimum Gasteiger partial charge on any atom is -0.345 e. The first kappa shape index (κ1) is 23.0. The van der Waals surface area contributed by atoms with Crippen molar-refractivity contribution in [1.29, 1.82) is 0 Å². The predicted octanol–water partition coefficient (Wildman–Crippen LogP) is 2.87. The first-order valence-corrected chi connectivity index (χ1v) is 9.79. The third-order valence-corrected chi connectivity index (χ3v) is 4.87. The molecule has 1 heterocycles. The van der Waals surface area contributed by atoms with Crippen molar-refractivity contribution in [2.45, 2.75) is 26.3 Å². The van der Waals surface area contributed by atoms with E-state index in [1.54, 1.807) is 26.0 Å². The van der Waals surface area contributed by atoms with Gasteiger partial charge < -0.3 is 10.6 Å². The van der Waals surface area contributed by atoms with E-state index in [4.69, 9.17) is 0 Å².